The fraction of sp³-hybridized carbons (Fsp3) is 0.900. The largest absolute Gasteiger partial charge is 0.444 e. The summed E-state index contributed by atoms with van der Waals surface area (Å²) in [6.45, 7) is 5.91. The normalized spacial score (nSPS) is 23.9. The molecule has 1 saturated carbocycles. The average Bonchev–Trinajstić information content (AvgIpc) is 2.10. The lowest BCUT2D eigenvalue weighted by Gasteiger charge is -2.36. The molecule has 1 aliphatic rings. The molecule has 0 aromatic rings. The molecule has 0 aromatic carbocycles. The Bertz CT molecular complexity index is 304. The first kappa shape index (κ1) is 12.6. The molecule has 6 heteroatoms. The van der Waals surface area contributed by atoms with Crippen molar-refractivity contribution in [3.05, 3.63) is 10.4 Å². The molecule has 0 aromatic heterocycles. The van der Waals surface area contributed by atoms with Gasteiger partial charge in [0, 0.05) is 17.5 Å². The highest BCUT2D eigenvalue weighted by atomic mass is 16.6. The number of rotatable bonds is 3. The van der Waals surface area contributed by atoms with Crippen molar-refractivity contribution in [3.63, 3.8) is 0 Å². The first-order valence-corrected chi connectivity index (χ1v) is 5.43. The molecule has 1 fully saturated rings. The van der Waals surface area contributed by atoms with Crippen molar-refractivity contribution in [3.8, 4) is 0 Å². The lowest BCUT2D eigenvalue weighted by molar-refractivity contribution is 0.0441. The van der Waals surface area contributed by atoms with Crippen LogP contribution in [0.25, 0.3) is 10.4 Å². The molecule has 1 rings (SSSR count). The molecular weight excluding hydrogens is 208 g/mol. The summed E-state index contributed by atoms with van der Waals surface area (Å²) in [7, 11) is 0. The zero-order chi connectivity index (χ0) is 12.2. The van der Waals surface area contributed by atoms with Gasteiger partial charge < -0.3 is 10.1 Å². The van der Waals surface area contributed by atoms with Gasteiger partial charge in [-0.2, -0.15) is 0 Å². The number of hydrogen-bond donors (Lipinski definition) is 1. The first-order chi connectivity index (χ1) is 7.42. The quantitative estimate of drug-likeness (QED) is 0.455. The van der Waals surface area contributed by atoms with Crippen LogP contribution in [0.4, 0.5) is 4.79 Å². The summed E-state index contributed by atoms with van der Waals surface area (Å²) in [6, 6.07) is 0.0837. The highest BCUT2D eigenvalue weighted by Gasteiger charge is 2.32. The summed E-state index contributed by atoms with van der Waals surface area (Å²) in [5.41, 5.74) is 7.72. The van der Waals surface area contributed by atoms with Gasteiger partial charge in [-0.25, -0.2) is 4.79 Å². The molecule has 6 nitrogen and oxygen atoms in total. The zero-order valence-corrected chi connectivity index (χ0v) is 9.93. The van der Waals surface area contributed by atoms with Crippen LogP contribution in [0.2, 0.25) is 0 Å². The summed E-state index contributed by atoms with van der Waals surface area (Å²) in [4.78, 5) is 14.2. The van der Waals surface area contributed by atoms with Gasteiger partial charge in [-0.3, -0.25) is 0 Å². The lowest BCUT2D eigenvalue weighted by atomic mass is 9.80. The predicted octanol–water partition coefficient (Wildman–Crippen LogP) is 2.60. The highest BCUT2D eigenvalue weighted by molar-refractivity contribution is 5.68. The first-order valence-electron chi connectivity index (χ1n) is 5.43. The summed E-state index contributed by atoms with van der Waals surface area (Å²) in [5.74, 6) is 0.253. The van der Waals surface area contributed by atoms with Crippen molar-refractivity contribution in [2.45, 2.75) is 45.3 Å². The minimum Gasteiger partial charge on any atom is -0.444 e. The van der Waals surface area contributed by atoms with Crippen LogP contribution >= 0.6 is 0 Å². The second-order valence-electron chi connectivity index (χ2n) is 5.00. The van der Waals surface area contributed by atoms with Crippen molar-refractivity contribution in [2.24, 2.45) is 11.0 Å². The van der Waals surface area contributed by atoms with E-state index in [-0.39, 0.29) is 12.0 Å². The molecule has 0 heterocycles. The van der Waals surface area contributed by atoms with E-state index in [0.29, 0.717) is 6.54 Å². The summed E-state index contributed by atoms with van der Waals surface area (Å²) >= 11 is 0. The number of ether oxygens (including phenoxy) is 1. The van der Waals surface area contributed by atoms with E-state index >= 15 is 0 Å². The van der Waals surface area contributed by atoms with Gasteiger partial charge in [0.15, 0.2) is 0 Å². The highest BCUT2D eigenvalue weighted by Crippen LogP contribution is 2.28. The van der Waals surface area contributed by atoms with Crippen LogP contribution in [0.1, 0.15) is 33.6 Å². The fourth-order valence-electron chi connectivity index (χ4n) is 1.58. The Morgan fingerprint density at radius 3 is 2.69 bits per heavy atom. The summed E-state index contributed by atoms with van der Waals surface area (Å²) in [6.07, 6.45) is 1.51. The number of nitrogens with one attached hydrogen (secondary N) is 1. The fourth-order valence-corrected chi connectivity index (χ4v) is 1.58. The molecule has 0 bridgehead atoms. The van der Waals surface area contributed by atoms with Crippen LogP contribution in [0.3, 0.4) is 0 Å². The van der Waals surface area contributed by atoms with Crippen LogP contribution < -0.4 is 5.32 Å². The molecule has 0 radical (unpaired) electrons. The number of carbonyl (C=O) groups is 1. The predicted molar refractivity (Wildman–Crippen MR) is 59.9 cm³/mol. The molecule has 16 heavy (non-hydrogen) atoms. The number of carbonyl (C=O) groups excluding carboxylic acids is 1. The van der Waals surface area contributed by atoms with Gasteiger partial charge in [-0.05, 0) is 45.1 Å². The van der Waals surface area contributed by atoms with Crippen molar-refractivity contribution in [1.29, 1.82) is 0 Å². The second-order valence-corrected chi connectivity index (χ2v) is 5.00. The molecule has 0 spiro atoms. The molecule has 1 amide bonds. The standard InChI is InChI=1S/C10H18N4O2/c1-10(2,3)16-9(15)13-8-5-4-7(8)6-12-14-11/h7-8H,4-6H2,1-3H3,(H,13,15)/t7-,8-/m1/s1. The minimum absolute atomic E-state index is 0.0837. The molecule has 1 aliphatic carbocycles. The van der Waals surface area contributed by atoms with Gasteiger partial charge in [0.2, 0.25) is 0 Å². The van der Waals surface area contributed by atoms with Crippen LogP contribution in [-0.2, 0) is 4.74 Å². The van der Waals surface area contributed by atoms with Crippen LogP contribution in [0, 0.1) is 5.92 Å². The SMILES string of the molecule is CC(C)(C)OC(=O)N[C@@H]1CC[C@@H]1CN=[N+]=[N-]. The molecule has 90 valence electrons. The molecule has 1 N–H and O–H groups in total. The van der Waals surface area contributed by atoms with Crippen LogP contribution in [0.15, 0.2) is 5.11 Å². The topological polar surface area (TPSA) is 87.1 Å². The number of alkyl carbamates (subject to hydrolysis) is 1. The van der Waals surface area contributed by atoms with Gasteiger partial charge in [-0.1, -0.05) is 5.11 Å². The van der Waals surface area contributed by atoms with E-state index in [4.69, 9.17) is 10.3 Å². The Morgan fingerprint density at radius 1 is 1.56 bits per heavy atom. The molecule has 0 unspecified atom stereocenters. The Balaban J connectivity index is 2.32. The Labute approximate surface area is 95.0 Å². The number of hydrogen-bond acceptors (Lipinski definition) is 3. The Hall–Kier alpha value is -1.42. The molecular formula is C10H18N4O2. The third-order valence-corrected chi connectivity index (χ3v) is 2.50. The van der Waals surface area contributed by atoms with Crippen molar-refractivity contribution < 1.29 is 9.53 Å². The van der Waals surface area contributed by atoms with Crippen LogP contribution in [-0.4, -0.2) is 24.3 Å². The maximum Gasteiger partial charge on any atom is 0.407 e. The zero-order valence-electron chi connectivity index (χ0n) is 9.93. The van der Waals surface area contributed by atoms with Gasteiger partial charge in [-0.15, -0.1) is 0 Å². The number of azide groups is 1. The lowest BCUT2D eigenvalue weighted by Crippen LogP contribution is -2.49. The minimum atomic E-state index is -0.478. The second kappa shape index (κ2) is 5.07. The van der Waals surface area contributed by atoms with Gasteiger partial charge in [0.25, 0.3) is 0 Å². The maximum absolute atomic E-state index is 11.4. The van der Waals surface area contributed by atoms with Crippen molar-refractivity contribution in [1.82, 2.24) is 5.32 Å². The Morgan fingerprint density at radius 2 is 2.25 bits per heavy atom. The maximum atomic E-state index is 11.4. The monoisotopic (exact) mass is 226 g/mol. The van der Waals surface area contributed by atoms with Gasteiger partial charge in [0.05, 0.1) is 0 Å². The van der Waals surface area contributed by atoms with Gasteiger partial charge in [0.1, 0.15) is 5.60 Å². The van der Waals surface area contributed by atoms with Crippen LogP contribution in [0.5, 0.6) is 0 Å². The van der Waals surface area contributed by atoms with E-state index in [1.807, 2.05) is 20.8 Å². The van der Waals surface area contributed by atoms with E-state index in [1.54, 1.807) is 0 Å². The van der Waals surface area contributed by atoms with E-state index in [9.17, 15) is 4.79 Å². The summed E-state index contributed by atoms with van der Waals surface area (Å²) in [5, 5.41) is 6.30. The van der Waals surface area contributed by atoms with E-state index in [0.717, 1.165) is 12.8 Å². The smallest absolute Gasteiger partial charge is 0.407 e. The van der Waals surface area contributed by atoms with Crippen molar-refractivity contribution in [2.75, 3.05) is 6.54 Å². The van der Waals surface area contributed by atoms with Crippen molar-refractivity contribution >= 4 is 6.09 Å². The number of amides is 1. The third kappa shape index (κ3) is 3.98. The van der Waals surface area contributed by atoms with E-state index < -0.39 is 11.7 Å². The Kier molecular flexibility index (Phi) is 4.01. The summed E-state index contributed by atoms with van der Waals surface area (Å²) < 4.78 is 5.14. The molecule has 0 aliphatic heterocycles. The van der Waals surface area contributed by atoms with E-state index in [1.165, 1.54) is 0 Å². The average molecular weight is 226 g/mol. The molecule has 2 atom stereocenters. The third-order valence-electron chi connectivity index (χ3n) is 2.50. The molecule has 0 saturated heterocycles. The number of nitrogens with zero attached hydrogens (tertiary/aromatic N) is 3. The van der Waals surface area contributed by atoms with E-state index in [2.05, 4.69) is 15.3 Å². The van der Waals surface area contributed by atoms with Gasteiger partial charge >= 0.3 is 6.09 Å².